The molecule has 0 radical (unpaired) electrons. The number of hydrogen-bond acceptors (Lipinski definition) is 8. The summed E-state index contributed by atoms with van der Waals surface area (Å²) in [7, 11) is 0. The molecule has 0 unspecified atom stereocenters. The van der Waals surface area contributed by atoms with E-state index < -0.39 is 0 Å². The quantitative estimate of drug-likeness (QED) is 0.0416. The highest BCUT2D eigenvalue weighted by molar-refractivity contribution is 14.1. The molecular formula is C34H41I4N5O5. The van der Waals surface area contributed by atoms with Gasteiger partial charge in [0.25, 0.3) is 0 Å². The molecule has 48 heavy (non-hydrogen) atoms. The fourth-order valence-corrected chi connectivity index (χ4v) is 9.13. The van der Waals surface area contributed by atoms with E-state index in [-0.39, 0.29) is 11.7 Å². The second kappa shape index (κ2) is 20.5. The third-order valence-electron chi connectivity index (χ3n) is 7.40. The largest absolute Gasteiger partial charge is 0.513 e. The fraction of sp³-hybridized carbons (Fsp3) is 0.382. The molecule has 10 nitrogen and oxygen atoms in total. The van der Waals surface area contributed by atoms with Crippen LogP contribution in [-0.2, 0) is 17.7 Å². The van der Waals surface area contributed by atoms with Crippen molar-refractivity contribution < 1.29 is 24.1 Å². The molecule has 1 saturated heterocycles. The molecule has 3 aromatic carbocycles. The van der Waals surface area contributed by atoms with Gasteiger partial charge in [-0.1, -0.05) is 18.7 Å². The van der Waals surface area contributed by atoms with Gasteiger partial charge in [0.05, 0.1) is 46.4 Å². The molecule has 5 N–H and O–H groups in total. The van der Waals surface area contributed by atoms with E-state index in [9.17, 15) is 5.11 Å². The summed E-state index contributed by atoms with van der Waals surface area (Å²) in [5.41, 5.74) is 12.8. The van der Waals surface area contributed by atoms with Crippen molar-refractivity contribution in [1.82, 2.24) is 9.80 Å². The lowest BCUT2D eigenvalue weighted by Crippen LogP contribution is -2.47. The number of rotatable bonds is 18. The Morgan fingerprint density at radius 1 is 0.729 bits per heavy atom. The molecular weight excluding hydrogens is 1070 g/mol. The maximum atomic E-state index is 9.56. The zero-order valence-electron chi connectivity index (χ0n) is 26.6. The van der Waals surface area contributed by atoms with E-state index in [0.29, 0.717) is 39.4 Å². The van der Waals surface area contributed by atoms with Gasteiger partial charge in [0.1, 0.15) is 23.9 Å². The topological polar surface area (TPSA) is 128 Å². The molecule has 0 spiro atoms. The predicted octanol–water partition coefficient (Wildman–Crippen LogP) is 6.77. The Kier molecular flexibility index (Phi) is 16.9. The van der Waals surface area contributed by atoms with Crippen molar-refractivity contribution in [3.05, 3.63) is 86.3 Å². The second-order valence-corrected chi connectivity index (χ2v) is 15.8. The minimum absolute atomic E-state index is 0.0869. The molecule has 1 aliphatic heterocycles. The summed E-state index contributed by atoms with van der Waals surface area (Å²) >= 11 is 9.18. The number of aliphatic hydroxyl groups is 1. The fourth-order valence-electron chi connectivity index (χ4n) is 4.99. The molecule has 0 atom stereocenters. The molecule has 1 fully saturated rings. The monoisotopic (exact) mass is 1110 g/mol. The first-order valence-electron chi connectivity index (χ1n) is 15.5. The van der Waals surface area contributed by atoms with Crippen LogP contribution in [-0.4, -0.2) is 86.6 Å². The van der Waals surface area contributed by atoms with Gasteiger partial charge in [-0.05, 0) is 144 Å². The first-order valence-corrected chi connectivity index (χ1v) is 19.8. The van der Waals surface area contributed by atoms with Gasteiger partial charge in [-0.15, -0.1) is 0 Å². The summed E-state index contributed by atoms with van der Waals surface area (Å²) in [4.78, 5) is 8.97. The molecule has 0 saturated carbocycles. The lowest BCUT2D eigenvalue weighted by molar-refractivity contribution is 0.0607. The van der Waals surface area contributed by atoms with E-state index in [1.807, 2.05) is 48.5 Å². The van der Waals surface area contributed by atoms with Crippen molar-refractivity contribution in [2.24, 2.45) is 16.5 Å². The SMILES string of the molecule is C=C(O)Cc1cc(I)c(Oc2cc(I)c(OCCCN3CCN(CCOCCOc4ccc(CN=C(N)N)cc4)CC3)c(I)c2)c(I)c1. The zero-order valence-corrected chi connectivity index (χ0v) is 35.2. The lowest BCUT2D eigenvalue weighted by Gasteiger charge is -2.34. The number of allylic oxidation sites excluding steroid dienone is 1. The highest BCUT2D eigenvalue weighted by atomic mass is 127. The number of guanidine groups is 1. The Morgan fingerprint density at radius 2 is 1.33 bits per heavy atom. The van der Waals surface area contributed by atoms with Gasteiger partial charge in [-0.25, -0.2) is 4.99 Å². The minimum Gasteiger partial charge on any atom is -0.513 e. The molecule has 4 rings (SSSR count). The molecule has 1 aliphatic rings. The molecule has 0 aromatic heterocycles. The van der Waals surface area contributed by atoms with E-state index >= 15 is 0 Å². The molecule has 1 heterocycles. The Balaban J connectivity index is 1.08. The van der Waals surface area contributed by atoms with Crippen LogP contribution in [0.25, 0.3) is 0 Å². The molecule has 3 aromatic rings. The first kappa shape index (κ1) is 39.5. The van der Waals surface area contributed by atoms with Crippen molar-refractivity contribution >= 4 is 96.3 Å². The summed E-state index contributed by atoms with van der Waals surface area (Å²) in [6.07, 6.45) is 1.40. The average molecular weight is 1110 g/mol. The summed E-state index contributed by atoms with van der Waals surface area (Å²) in [5.74, 6) is 3.52. The zero-order chi connectivity index (χ0) is 34.5. The predicted molar refractivity (Wildman–Crippen MR) is 225 cm³/mol. The molecule has 0 amide bonds. The molecule has 0 bridgehead atoms. The van der Waals surface area contributed by atoms with Crippen LogP contribution in [0.1, 0.15) is 17.5 Å². The number of nitrogens with two attached hydrogens (primary N) is 2. The number of piperazine rings is 1. The smallest absolute Gasteiger partial charge is 0.186 e. The summed E-state index contributed by atoms with van der Waals surface area (Å²) in [6, 6.07) is 15.8. The number of halogens is 4. The Morgan fingerprint density at radius 3 is 1.94 bits per heavy atom. The van der Waals surface area contributed by atoms with Gasteiger partial charge < -0.3 is 40.4 Å². The minimum atomic E-state index is 0.0869. The Bertz CT molecular complexity index is 1480. The Hall–Kier alpha value is -1.33. The van der Waals surface area contributed by atoms with E-state index in [2.05, 4.69) is 112 Å². The highest BCUT2D eigenvalue weighted by Gasteiger charge is 2.17. The van der Waals surface area contributed by atoms with Crippen molar-refractivity contribution in [3.8, 4) is 23.0 Å². The van der Waals surface area contributed by atoms with E-state index in [0.717, 1.165) is 94.1 Å². The summed E-state index contributed by atoms with van der Waals surface area (Å²) < 4.78 is 28.1. The summed E-state index contributed by atoms with van der Waals surface area (Å²) in [6.45, 7) is 12.6. The van der Waals surface area contributed by atoms with Gasteiger partial charge in [0, 0.05) is 45.7 Å². The number of hydrogen-bond donors (Lipinski definition) is 3. The Labute approximate surface area is 337 Å². The second-order valence-electron chi connectivity index (χ2n) is 11.2. The summed E-state index contributed by atoms with van der Waals surface area (Å²) in [5, 5.41) is 9.56. The number of aliphatic imine (C=N–C) groups is 1. The van der Waals surface area contributed by atoms with Crippen LogP contribution in [0.2, 0.25) is 0 Å². The van der Waals surface area contributed by atoms with Crippen LogP contribution in [0.5, 0.6) is 23.0 Å². The van der Waals surface area contributed by atoms with Crippen molar-refractivity contribution in [2.45, 2.75) is 19.4 Å². The van der Waals surface area contributed by atoms with Crippen molar-refractivity contribution in [3.63, 3.8) is 0 Å². The highest BCUT2D eigenvalue weighted by Crippen LogP contribution is 2.37. The normalized spacial score (nSPS) is 13.7. The van der Waals surface area contributed by atoms with Crippen LogP contribution in [0.4, 0.5) is 0 Å². The average Bonchev–Trinajstić information content (AvgIpc) is 3.03. The van der Waals surface area contributed by atoms with Crippen LogP contribution >= 0.6 is 90.4 Å². The van der Waals surface area contributed by atoms with E-state index in [1.165, 1.54) is 0 Å². The molecule has 0 aliphatic carbocycles. The number of nitrogens with zero attached hydrogens (tertiary/aromatic N) is 3. The maximum absolute atomic E-state index is 9.56. The van der Waals surface area contributed by atoms with Crippen LogP contribution in [0.3, 0.4) is 0 Å². The van der Waals surface area contributed by atoms with E-state index in [4.69, 9.17) is 30.4 Å². The molecule has 14 heteroatoms. The van der Waals surface area contributed by atoms with Gasteiger partial charge in [0.2, 0.25) is 0 Å². The van der Waals surface area contributed by atoms with Gasteiger partial charge >= 0.3 is 0 Å². The van der Waals surface area contributed by atoms with Gasteiger partial charge in [-0.2, -0.15) is 0 Å². The van der Waals surface area contributed by atoms with Crippen LogP contribution in [0, 0.1) is 14.3 Å². The van der Waals surface area contributed by atoms with E-state index in [1.54, 1.807) is 0 Å². The molecule has 260 valence electrons. The van der Waals surface area contributed by atoms with Crippen molar-refractivity contribution in [1.29, 1.82) is 0 Å². The lowest BCUT2D eigenvalue weighted by atomic mass is 10.1. The van der Waals surface area contributed by atoms with Gasteiger partial charge in [0.15, 0.2) is 11.7 Å². The van der Waals surface area contributed by atoms with Crippen LogP contribution in [0.15, 0.2) is 65.9 Å². The number of aliphatic hydroxyl groups excluding tert-OH is 1. The van der Waals surface area contributed by atoms with Crippen LogP contribution < -0.4 is 25.7 Å². The first-order chi connectivity index (χ1) is 23.1. The van der Waals surface area contributed by atoms with Gasteiger partial charge in [-0.3, -0.25) is 4.90 Å². The number of ether oxygens (including phenoxy) is 4. The van der Waals surface area contributed by atoms with Crippen molar-refractivity contribution in [2.75, 3.05) is 65.7 Å². The third kappa shape index (κ3) is 13.4. The maximum Gasteiger partial charge on any atom is 0.186 e. The standard InChI is InChI=1S/C34H41I4N5O5/c1-23(44)17-25-18-28(35)33(29(36)19-25)48-27-20-30(37)32(31(38)21-27)47-13-2-7-42-8-10-43(11-9-42)12-14-45-15-16-46-26-5-3-24(4-6-26)22-41-34(39)40/h3-6,18-21,44H,1-2,7-17,22H2,(H4,39,40,41). The third-order valence-corrected chi connectivity index (χ3v) is 10.6. The number of benzene rings is 3.